The van der Waals surface area contributed by atoms with Gasteiger partial charge in [0.05, 0.1) is 12.5 Å². The molecule has 1 atom stereocenters. The Morgan fingerprint density at radius 1 is 1.12 bits per heavy atom. The molecule has 1 aromatic carbocycles. The SMILES string of the molecule is CCOC(=O)COCCC(C)(C)C(C)C(=O)OCc1ccccc1. The number of benzene rings is 1. The fourth-order valence-electron chi connectivity index (χ4n) is 2.08. The molecule has 0 N–H and O–H groups in total. The van der Waals surface area contributed by atoms with Crippen molar-refractivity contribution in [2.24, 2.45) is 11.3 Å². The van der Waals surface area contributed by atoms with Crippen molar-refractivity contribution in [3.63, 3.8) is 0 Å². The Bertz CT molecular complexity index is 510. The van der Waals surface area contributed by atoms with Gasteiger partial charge >= 0.3 is 11.9 Å². The Balaban J connectivity index is 2.35. The smallest absolute Gasteiger partial charge is 0.332 e. The van der Waals surface area contributed by atoms with Crippen LogP contribution in [0.1, 0.15) is 39.7 Å². The number of hydrogen-bond acceptors (Lipinski definition) is 5. The van der Waals surface area contributed by atoms with E-state index in [-0.39, 0.29) is 36.5 Å². The Morgan fingerprint density at radius 2 is 1.79 bits per heavy atom. The van der Waals surface area contributed by atoms with Crippen molar-refractivity contribution in [3.05, 3.63) is 35.9 Å². The number of ether oxygens (including phenoxy) is 3. The van der Waals surface area contributed by atoms with Crippen LogP contribution in [0.15, 0.2) is 30.3 Å². The number of rotatable bonds is 10. The molecule has 0 aliphatic rings. The first kappa shape index (κ1) is 20.2. The molecule has 0 aliphatic heterocycles. The second-order valence-electron chi connectivity index (χ2n) is 6.41. The van der Waals surface area contributed by atoms with Gasteiger partial charge in [-0.25, -0.2) is 4.79 Å². The first-order chi connectivity index (χ1) is 11.4. The predicted octanol–water partition coefficient (Wildman–Crippen LogP) is 3.36. The molecule has 24 heavy (non-hydrogen) atoms. The standard InChI is InChI=1S/C19H28O5/c1-5-23-17(20)14-22-12-11-19(3,4)15(2)18(21)24-13-16-9-7-6-8-10-16/h6-10,15H,5,11-14H2,1-4H3. The molecule has 0 saturated carbocycles. The van der Waals surface area contributed by atoms with Crippen molar-refractivity contribution in [2.75, 3.05) is 19.8 Å². The second kappa shape index (κ2) is 10.1. The Hall–Kier alpha value is -1.88. The molecule has 0 radical (unpaired) electrons. The van der Waals surface area contributed by atoms with Crippen LogP contribution >= 0.6 is 0 Å². The van der Waals surface area contributed by atoms with Crippen LogP contribution in [0.4, 0.5) is 0 Å². The first-order valence-electron chi connectivity index (χ1n) is 8.30. The molecule has 1 aromatic rings. The summed E-state index contributed by atoms with van der Waals surface area (Å²) in [5.74, 6) is -0.868. The monoisotopic (exact) mass is 336 g/mol. The van der Waals surface area contributed by atoms with Crippen LogP contribution in [0, 0.1) is 11.3 Å². The average Bonchev–Trinajstić information content (AvgIpc) is 2.57. The van der Waals surface area contributed by atoms with E-state index in [9.17, 15) is 9.59 Å². The van der Waals surface area contributed by atoms with Gasteiger partial charge in [-0.15, -0.1) is 0 Å². The van der Waals surface area contributed by atoms with E-state index >= 15 is 0 Å². The van der Waals surface area contributed by atoms with Gasteiger partial charge in [-0.2, -0.15) is 0 Å². The molecule has 0 heterocycles. The van der Waals surface area contributed by atoms with Gasteiger partial charge in [-0.05, 0) is 24.3 Å². The molecule has 0 spiro atoms. The molecular weight excluding hydrogens is 308 g/mol. The van der Waals surface area contributed by atoms with Crippen LogP contribution in [0.25, 0.3) is 0 Å². The minimum atomic E-state index is -0.370. The molecule has 0 aliphatic carbocycles. The average molecular weight is 336 g/mol. The Morgan fingerprint density at radius 3 is 2.42 bits per heavy atom. The lowest BCUT2D eigenvalue weighted by Gasteiger charge is -2.30. The molecule has 5 heteroatoms. The topological polar surface area (TPSA) is 61.8 Å². The van der Waals surface area contributed by atoms with E-state index < -0.39 is 0 Å². The van der Waals surface area contributed by atoms with Crippen LogP contribution in [-0.2, 0) is 30.4 Å². The van der Waals surface area contributed by atoms with Gasteiger partial charge in [0.1, 0.15) is 13.2 Å². The maximum Gasteiger partial charge on any atom is 0.332 e. The van der Waals surface area contributed by atoms with E-state index in [0.29, 0.717) is 19.6 Å². The maximum atomic E-state index is 12.3. The minimum absolute atomic E-state index is 0.0588. The molecule has 0 aromatic heterocycles. The normalized spacial score (nSPS) is 12.5. The molecule has 1 unspecified atom stereocenters. The third-order valence-electron chi connectivity index (χ3n) is 4.17. The van der Waals surface area contributed by atoms with Crippen molar-refractivity contribution in [1.82, 2.24) is 0 Å². The number of carbonyl (C=O) groups is 2. The Kier molecular flexibility index (Phi) is 8.47. The van der Waals surface area contributed by atoms with Crippen molar-refractivity contribution in [3.8, 4) is 0 Å². The van der Waals surface area contributed by atoms with Crippen LogP contribution in [0.2, 0.25) is 0 Å². The zero-order valence-electron chi connectivity index (χ0n) is 15.0. The van der Waals surface area contributed by atoms with Gasteiger partial charge in [0.2, 0.25) is 0 Å². The third kappa shape index (κ3) is 7.13. The fraction of sp³-hybridized carbons (Fsp3) is 0.579. The second-order valence-corrected chi connectivity index (χ2v) is 6.41. The van der Waals surface area contributed by atoms with Crippen molar-refractivity contribution in [2.45, 2.75) is 40.7 Å². The van der Waals surface area contributed by atoms with Crippen LogP contribution in [0.5, 0.6) is 0 Å². The molecule has 0 bridgehead atoms. The highest BCUT2D eigenvalue weighted by molar-refractivity contribution is 5.73. The molecular formula is C19H28O5. The number of carbonyl (C=O) groups excluding carboxylic acids is 2. The van der Waals surface area contributed by atoms with E-state index in [1.807, 2.05) is 51.1 Å². The maximum absolute atomic E-state index is 12.3. The van der Waals surface area contributed by atoms with Gasteiger partial charge < -0.3 is 14.2 Å². The van der Waals surface area contributed by atoms with Gasteiger partial charge in [0.25, 0.3) is 0 Å². The zero-order valence-corrected chi connectivity index (χ0v) is 15.0. The van der Waals surface area contributed by atoms with Crippen LogP contribution < -0.4 is 0 Å². The lowest BCUT2D eigenvalue weighted by Crippen LogP contribution is -2.31. The summed E-state index contributed by atoms with van der Waals surface area (Å²) >= 11 is 0. The summed E-state index contributed by atoms with van der Waals surface area (Å²) in [5.41, 5.74) is 0.677. The van der Waals surface area contributed by atoms with Crippen molar-refractivity contribution < 1.29 is 23.8 Å². The molecule has 5 nitrogen and oxygen atoms in total. The van der Waals surface area contributed by atoms with Crippen LogP contribution in [0.3, 0.4) is 0 Å². The van der Waals surface area contributed by atoms with Crippen molar-refractivity contribution in [1.29, 1.82) is 0 Å². The van der Waals surface area contributed by atoms with E-state index in [4.69, 9.17) is 14.2 Å². The molecule has 134 valence electrons. The summed E-state index contributed by atoms with van der Waals surface area (Å²) in [6.07, 6.45) is 0.647. The van der Waals surface area contributed by atoms with E-state index in [1.54, 1.807) is 6.92 Å². The highest BCUT2D eigenvalue weighted by Crippen LogP contribution is 2.31. The minimum Gasteiger partial charge on any atom is -0.464 e. The molecule has 0 fully saturated rings. The Labute approximate surface area is 144 Å². The summed E-state index contributed by atoms with van der Waals surface area (Å²) in [7, 11) is 0. The van der Waals surface area contributed by atoms with Crippen molar-refractivity contribution >= 4 is 11.9 Å². The van der Waals surface area contributed by atoms with E-state index in [1.165, 1.54) is 0 Å². The summed E-state index contributed by atoms with van der Waals surface area (Å²) in [5, 5.41) is 0. The molecule has 0 amide bonds. The molecule has 0 saturated heterocycles. The molecule has 1 rings (SSSR count). The summed E-state index contributed by atoms with van der Waals surface area (Å²) < 4.78 is 15.5. The summed E-state index contributed by atoms with van der Waals surface area (Å²) in [4.78, 5) is 23.5. The fourth-order valence-corrected chi connectivity index (χ4v) is 2.08. The van der Waals surface area contributed by atoms with Crippen LogP contribution in [-0.4, -0.2) is 31.8 Å². The first-order valence-corrected chi connectivity index (χ1v) is 8.30. The highest BCUT2D eigenvalue weighted by atomic mass is 16.6. The largest absolute Gasteiger partial charge is 0.464 e. The summed E-state index contributed by atoms with van der Waals surface area (Å²) in [6, 6.07) is 9.60. The van der Waals surface area contributed by atoms with E-state index in [0.717, 1.165) is 5.56 Å². The van der Waals surface area contributed by atoms with Gasteiger partial charge in [0.15, 0.2) is 0 Å². The number of hydrogen-bond donors (Lipinski definition) is 0. The lowest BCUT2D eigenvalue weighted by atomic mass is 9.77. The van der Waals surface area contributed by atoms with Gasteiger partial charge in [-0.1, -0.05) is 51.1 Å². The van der Waals surface area contributed by atoms with E-state index in [2.05, 4.69) is 0 Å². The van der Waals surface area contributed by atoms with Gasteiger partial charge in [0, 0.05) is 6.61 Å². The quantitative estimate of drug-likeness (QED) is 0.484. The lowest BCUT2D eigenvalue weighted by molar-refractivity contribution is -0.155. The third-order valence-corrected chi connectivity index (χ3v) is 4.17. The number of esters is 2. The predicted molar refractivity (Wildman–Crippen MR) is 91.3 cm³/mol. The highest BCUT2D eigenvalue weighted by Gasteiger charge is 2.32. The summed E-state index contributed by atoms with van der Waals surface area (Å²) in [6.45, 7) is 8.56. The zero-order chi connectivity index (χ0) is 18.0. The van der Waals surface area contributed by atoms with Gasteiger partial charge in [-0.3, -0.25) is 4.79 Å².